The van der Waals surface area contributed by atoms with Gasteiger partial charge in [-0.05, 0) is 18.9 Å². The summed E-state index contributed by atoms with van der Waals surface area (Å²) >= 11 is 0. The van der Waals surface area contributed by atoms with Gasteiger partial charge in [0.05, 0.1) is 6.10 Å². The standard InChI is InChI=1S/C8H16N4O/c1-8-7-12(4-2-6-13-8)5-3-10-11-9/h8H,2-7H2,1H3. The minimum Gasteiger partial charge on any atom is -0.377 e. The molecule has 0 aromatic rings. The van der Waals surface area contributed by atoms with Crippen molar-refractivity contribution in [3.8, 4) is 0 Å². The highest BCUT2D eigenvalue weighted by molar-refractivity contribution is 4.67. The second kappa shape index (κ2) is 5.80. The zero-order chi connectivity index (χ0) is 9.52. The lowest BCUT2D eigenvalue weighted by molar-refractivity contribution is 0.0682. The van der Waals surface area contributed by atoms with Gasteiger partial charge in [-0.15, -0.1) is 0 Å². The molecule has 1 fully saturated rings. The Labute approximate surface area is 78.3 Å². The van der Waals surface area contributed by atoms with Gasteiger partial charge in [-0.1, -0.05) is 5.11 Å². The molecule has 1 heterocycles. The average molecular weight is 184 g/mol. The minimum atomic E-state index is 0.300. The molecule has 0 aromatic carbocycles. The highest BCUT2D eigenvalue weighted by atomic mass is 16.5. The van der Waals surface area contributed by atoms with E-state index in [1.54, 1.807) is 0 Å². The Bertz CT molecular complexity index is 191. The van der Waals surface area contributed by atoms with Crippen molar-refractivity contribution in [1.29, 1.82) is 0 Å². The van der Waals surface area contributed by atoms with Crippen molar-refractivity contribution in [2.24, 2.45) is 5.11 Å². The lowest BCUT2D eigenvalue weighted by Gasteiger charge is -2.20. The van der Waals surface area contributed by atoms with Gasteiger partial charge in [-0.25, -0.2) is 0 Å². The quantitative estimate of drug-likeness (QED) is 0.378. The first-order valence-electron chi connectivity index (χ1n) is 4.67. The summed E-state index contributed by atoms with van der Waals surface area (Å²) in [4.78, 5) is 5.01. The van der Waals surface area contributed by atoms with E-state index in [0.717, 1.165) is 32.7 Å². The van der Waals surface area contributed by atoms with Crippen molar-refractivity contribution in [1.82, 2.24) is 4.90 Å². The fourth-order valence-corrected chi connectivity index (χ4v) is 1.51. The summed E-state index contributed by atoms with van der Waals surface area (Å²) in [6.45, 7) is 6.32. The molecule has 1 rings (SSSR count). The molecule has 74 valence electrons. The molecule has 1 atom stereocenters. The molecule has 0 amide bonds. The summed E-state index contributed by atoms with van der Waals surface area (Å²) in [5.74, 6) is 0. The second-order valence-corrected chi connectivity index (χ2v) is 3.29. The fraction of sp³-hybridized carbons (Fsp3) is 1.00. The highest BCUT2D eigenvalue weighted by Crippen LogP contribution is 2.04. The zero-order valence-electron chi connectivity index (χ0n) is 8.02. The zero-order valence-corrected chi connectivity index (χ0v) is 8.02. The van der Waals surface area contributed by atoms with E-state index < -0.39 is 0 Å². The number of hydrogen-bond donors (Lipinski definition) is 0. The van der Waals surface area contributed by atoms with Crippen molar-refractivity contribution in [3.63, 3.8) is 0 Å². The molecule has 0 bridgehead atoms. The van der Waals surface area contributed by atoms with Crippen LogP contribution in [-0.2, 0) is 4.74 Å². The van der Waals surface area contributed by atoms with Gasteiger partial charge in [0.1, 0.15) is 0 Å². The SMILES string of the molecule is CC1CN(CCN=[N+]=[N-])CCCO1. The maximum absolute atomic E-state index is 8.12. The van der Waals surface area contributed by atoms with E-state index in [1.165, 1.54) is 0 Å². The van der Waals surface area contributed by atoms with Crippen LogP contribution in [0.3, 0.4) is 0 Å². The Morgan fingerprint density at radius 2 is 2.54 bits per heavy atom. The van der Waals surface area contributed by atoms with Gasteiger partial charge in [-0.2, -0.15) is 0 Å². The van der Waals surface area contributed by atoms with E-state index in [4.69, 9.17) is 10.3 Å². The number of nitrogens with zero attached hydrogens (tertiary/aromatic N) is 4. The smallest absolute Gasteiger partial charge is 0.0673 e. The Hall–Kier alpha value is -0.770. The van der Waals surface area contributed by atoms with Crippen LogP contribution in [0.2, 0.25) is 0 Å². The summed E-state index contributed by atoms with van der Waals surface area (Å²) in [7, 11) is 0. The maximum atomic E-state index is 8.12. The van der Waals surface area contributed by atoms with E-state index in [1.807, 2.05) is 0 Å². The molecule has 1 aliphatic rings. The van der Waals surface area contributed by atoms with Crippen molar-refractivity contribution in [3.05, 3.63) is 10.4 Å². The highest BCUT2D eigenvalue weighted by Gasteiger charge is 2.13. The molecule has 1 saturated heterocycles. The predicted molar refractivity (Wildman–Crippen MR) is 50.5 cm³/mol. The molecule has 0 saturated carbocycles. The van der Waals surface area contributed by atoms with Crippen LogP contribution in [0.5, 0.6) is 0 Å². The Morgan fingerprint density at radius 1 is 1.69 bits per heavy atom. The molecule has 0 aromatic heterocycles. The largest absolute Gasteiger partial charge is 0.377 e. The molecule has 0 radical (unpaired) electrons. The van der Waals surface area contributed by atoms with Crippen molar-refractivity contribution < 1.29 is 4.74 Å². The summed E-state index contributed by atoms with van der Waals surface area (Å²) in [5.41, 5.74) is 8.12. The molecule has 0 N–H and O–H groups in total. The van der Waals surface area contributed by atoms with Crippen LogP contribution in [0.15, 0.2) is 5.11 Å². The van der Waals surface area contributed by atoms with E-state index in [-0.39, 0.29) is 0 Å². The average Bonchev–Trinajstić information content (AvgIpc) is 2.31. The van der Waals surface area contributed by atoms with Crippen LogP contribution in [0.4, 0.5) is 0 Å². The van der Waals surface area contributed by atoms with Gasteiger partial charge in [0, 0.05) is 37.7 Å². The Balaban J connectivity index is 2.26. The number of azide groups is 1. The molecule has 13 heavy (non-hydrogen) atoms. The van der Waals surface area contributed by atoms with E-state index in [0.29, 0.717) is 12.6 Å². The van der Waals surface area contributed by atoms with Crippen LogP contribution in [0.25, 0.3) is 10.4 Å². The van der Waals surface area contributed by atoms with E-state index in [9.17, 15) is 0 Å². The molecule has 5 nitrogen and oxygen atoms in total. The first-order valence-corrected chi connectivity index (χ1v) is 4.67. The number of ether oxygens (including phenoxy) is 1. The molecule has 1 aliphatic heterocycles. The third-order valence-electron chi connectivity index (χ3n) is 2.12. The van der Waals surface area contributed by atoms with Gasteiger partial charge in [-0.3, -0.25) is 0 Å². The first-order chi connectivity index (χ1) is 6.33. The molecule has 0 aliphatic carbocycles. The van der Waals surface area contributed by atoms with Gasteiger partial charge in [0.15, 0.2) is 0 Å². The van der Waals surface area contributed by atoms with Crippen molar-refractivity contribution in [2.75, 3.05) is 32.8 Å². The molecular formula is C8H16N4O. The van der Waals surface area contributed by atoms with Crippen LogP contribution in [0, 0.1) is 0 Å². The van der Waals surface area contributed by atoms with Crippen LogP contribution in [0.1, 0.15) is 13.3 Å². The molecule has 5 heteroatoms. The monoisotopic (exact) mass is 184 g/mol. The summed E-state index contributed by atoms with van der Waals surface area (Å²) in [6, 6.07) is 0. The number of hydrogen-bond acceptors (Lipinski definition) is 3. The van der Waals surface area contributed by atoms with Gasteiger partial charge in [0.25, 0.3) is 0 Å². The second-order valence-electron chi connectivity index (χ2n) is 3.29. The van der Waals surface area contributed by atoms with Gasteiger partial charge >= 0.3 is 0 Å². The fourth-order valence-electron chi connectivity index (χ4n) is 1.51. The van der Waals surface area contributed by atoms with Crippen molar-refractivity contribution in [2.45, 2.75) is 19.4 Å². The Kier molecular flexibility index (Phi) is 4.60. The summed E-state index contributed by atoms with van der Waals surface area (Å²) < 4.78 is 5.49. The van der Waals surface area contributed by atoms with E-state index >= 15 is 0 Å². The topological polar surface area (TPSA) is 61.2 Å². The predicted octanol–water partition coefficient (Wildman–Crippen LogP) is 1.41. The molecule has 1 unspecified atom stereocenters. The third kappa shape index (κ3) is 4.12. The lowest BCUT2D eigenvalue weighted by atomic mass is 10.3. The van der Waals surface area contributed by atoms with Crippen LogP contribution < -0.4 is 0 Å². The maximum Gasteiger partial charge on any atom is 0.0673 e. The van der Waals surface area contributed by atoms with Gasteiger partial charge in [0.2, 0.25) is 0 Å². The van der Waals surface area contributed by atoms with Crippen molar-refractivity contribution >= 4 is 0 Å². The van der Waals surface area contributed by atoms with Crippen LogP contribution >= 0.6 is 0 Å². The lowest BCUT2D eigenvalue weighted by Crippen LogP contribution is -2.32. The summed E-state index contributed by atoms with van der Waals surface area (Å²) in [5, 5.41) is 3.52. The Morgan fingerprint density at radius 3 is 3.31 bits per heavy atom. The first kappa shape index (κ1) is 10.3. The van der Waals surface area contributed by atoms with Gasteiger partial charge < -0.3 is 9.64 Å². The minimum absolute atomic E-state index is 0.300. The normalized spacial score (nSPS) is 24.8. The third-order valence-corrected chi connectivity index (χ3v) is 2.12. The molecular weight excluding hydrogens is 168 g/mol. The molecule has 0 spiro atoms. The summed E-state index contributed by atoms with van der Waals surface area (Å²) in [6.07, 6.45) is 1.37. The van der Waals surface area contributed by atoms with Crippen LogP contribution in [-0.4, -0.2) is 43.8 Å². The van der Waals surface area contributed by atoms with E-state index in [2.05, 4.69) is 21.8 Å². The number of rotatable bonds is 3.